The molecular formula is C17H28ClNS. The normalized spacial score (nSPS) is 13.4. The molecule has 0 saturated heterocycles. The minimum atomic E-state index is 0.187. The Bertz CT molecular complexity index is 387. The van der Waals surface area contributed by atoms with Crippen molar-refractivity contribution in [1.82, 2.24) is 5.32 Å². The number of halogens is 1. The Morgan fingerprint density at radius 3 is 2.65 bits per heavy atom. The third kappa shape index (κ3) is 8.18. The van der Waals surface area contributed by atoms with Gasteiger partial charge in [-0.3, -0.25) is 0 Å². The van der Waals surface area contributed by atoms with Gasteiger partial charge in [0.05, 0.1) is 0 Å². The molecule has 0 fully saturated rings. The SMILES string of the molecule is CSCCCC(CNC(C)(C)C)Cc1cccc(Cl)c1. The fourth-order valence-corrected chi connectivity index (χ4v) is 2.91. The maximum absolute atomic E-state index is 6.09. The molecule has 1 N–H and O–H groups in total. The zero-order chi connectivity index (χ0) is 15.0. The molecule has 1 atom stereocenters. The minimum absolute atomic E-state index is 0.187. The van der Waals surface area contributed by atoms with E-state index >= 15 is 0 Å². The molecule has 0 saturated carbocycles. The lowest BCUT2D eigenvalue weighted by Crippen LogP contribution is -2.39. The van der Waals surface area contributed by atoms with Crippen LogP contribution in [0.25, 0.3) is 0 Å². The van der Waals surface area contributed by atoms with Crippen molar-refractivity contribution in [2.24, 2.45) is 5.92 Å². The predicted molar refractivity (Wildman–Crippen MR) is 94.0 cm³/mol. The second-order valence-electron chi connectivity index (χ2n) is 6.47. The first kappa shape index (κ1) is 17.9. The maximum atomic E-state index is 6.09. The fourth-order valence-electron chi connectivity index (χ4n) is 2.24. The van der Waals surface area contributed by atoms with Gasteiger partial charge in [-0.2, -0.15) is 11.8 Å². The molecule has 0 heterocycles. The van der Waals surface area contributed by atoms with Crippen LogP contribution in [0.2, 0.25) is 5.02 Å². The Balaban J connectivity index is 2.56. The van der Waals surface area contributed by atoms with Crippen molar-refractivity contribution in [1.29, 1.82) is 0 Å². The highest BCUT2D eigenvalue weighted by atomic mass is 35.5. The molecule has 1 aromatic rings. The molecule has 0 radical (unpaired) electrons. The molecule has 0 spiro atoms. The molecule has 1 unspecified atom stereocenters. The van der Waals surface area contributed by atoms with Crippen molar-refractivity contribution in [2.45, 2.75) is 45.6 Å². The van der Waals surface area contributed by atoms with E-state index in [0.29, 0.717) is 5.92 Å². The molecule has 0 aromatic heterocycles. The van der Waals surface area contributed by atoms with Gasteiger partial charge in [-0.1, -0.05) is 23.7 Å². The molecule has 20 heavy (non-hydrogen) atoms. The van der Waals surface area contributed by atoms with Gasteiger partial charge in [0, 0.05) is 10.6 Å². The molecule has 0 bridgehead atoms. The van der Waals surface area contributed by atoms with E-state index in [1.165, 1.54) is 24.2 Å². The van der Waals surface area contributed by atoms with Gasteiger partial charge in [0.15, 0.2) is 0 Å². The van der Waals surface area contributed by atoms with Crippen LogP contribution in [-0.2, 0) is 6.42 Å². The van der Waals surface area contributed by atoms with Crippen LogP contribution in [-0.4, -0.2) is 24.1 Å². The number of nitrogens with one attached hydrogen (secondary N) is 1. The van der Waals surface area contributed by atoms with Gasteiger partial charge >= 0.3 is 0 Å². The standard InChI is InChI=1S/C17H28ClNS/c1-17(2,3)19-13-15(8-6-10-20-4)11-14-7-5-9-16(18)12-14/h5,7,9,12,15,19H,6,8,10-11,13H2,1-4H3. The molecule has 0 aliphatic rings. The van der Waals surface area contributed by atoms with Crippen LogP contribution < -0.4 is 5.32 Å². The topological polar surface area (TPSA) is 12.0 Å². The summed E-state index contributed by atoms with van der Waals surface area (Å²) in [5.74, 6) is 1.93. The summed E-state index contributed by atoms with van der Waals surface area (Å²) in [6, 6.07) is 8.28. The van der Waals surface area contributed by atoms with E-state index in [0.717, 1.165) is 18.0 Å². The number of hydrogen-bond donors (Lipinski definition) is 1. The number of benzene rings is 1. The third-order valence-corrected chi connectivity index (χ3v) is 4.23. The van der Waals surface area contributed by atoms with E-state index in [-0.39, 0.29) is 5.54 Å². The molecule has 0 aliphatic carbocycles. The van der Waals surface area contributed by atoms with Crippen LogP contribution in [0.4, 0.5) is 0 Å². The molecule has 1 aromatic carbocycles. The van der Waals surface area contributed by atoms with Crippen molar-refractivity contribution < 1.29 is 0 Å². The van der Waals surface area contributed by atoms with Crippen molar-refractivity contribution >= 4 is 23.4 Å². The first-order chi connectivity index (χ1) is 9.40. The van der Waals surface area contributed by atoms with Gasteiger partial charge in [-0.15, -0.1) is 0 Å². The average Bonchev–Trinajstić information content (AvgIpc) is 2.35. The van der Waals surface area contributed by atoms with Gasteiger partial charge in [0.1, 0.15) is 0 Å². The van der Waals surface area contributed by atoms with Crippen molar-refractivity contribution in [3.05, 3.63) is 34.9 Å². The Hall–Kier alpha value is -0.180. The summed E-state index contributed by atoms with van der Waals surface area (Å²) >= 11 is 8.02. The van der Waals surface area contributed by atoms with Crippen LogP contribution in [0.15, 0.2) is 24.3 Å². The number of rotatable bonds is 8. The maximum Gasteiger partial charge on any atom is 0.0408 e. The molecule has 114 valence electrons. The van der Waals surface area contributed by atoms with Crippen LogP contribution in [0.3, 0.4) is 0 Å². The van der Waals surface area contributed by atoms with Crippen LogP contribution in [0.1, 0.15) is 39.2 Å². The lowest BCUT2D eigenvalue weighted by molar-refractivity contribution is 0.355. The van der Waals surface area contributed by atoms with Gasteiger partial charge in [-0.05, 0) is 82.2 Å². The van der Waals surface area contributed by atoms with Gasteiger partial charge in [-0.25, -0.2) is 0 Å². The Kier molecular flexibility index (Phi) is 8.01. The zero-order valence-electron chi connectivity index (χ0n) is 13.2. The van der Waals surface area contributed by atoms with E-state index in [4.69, 9.17) is 11.6 Å². The largest absolute Gasteiger partial charge is 0.312 e. The van der Waals surface area contributed by atoms with Crippen molar-refractivity contribution in [3.63, 3.8) is 0 Å². The second-order valence-corrected chi connectivity index (χ2v) is 7.89. The fraction of sp³-hybridized carbons (Fsp3) is 0.647. The molecule has 1 nitrogen and oxygen atoms in total. The van der Waals surface area contributed by atoms with E-state index in [1.54, 1.807) is 0 Å². The highest BCUT2D eigenvalue weighted by Gasteiger charge is 2.14. The zero-order valence-corrected chi connectivity index (χ0v) is 14.8. The summed E-state index contributed by atoms with van der Waals surface area (Å²) in [4.78, 5) is 0. The summed E-state index contributed by atoms with van der Waals surface area (Å²) in [6.07, 6.45) is 5.85. The Labute approximate surface area is 133 Å². The molecule has 3 heteroatoms. The first-order valence-electron chi connectivity index (χ1n) is 7.39. The monoisotopic (exact) mass is 313 g/mol. The van der Waals surface area contributed by atoms with Gasteiger partial charge in [0.2, 0.25) is 0 Å². The highest BCUT2D eigenvalue weighted by Crippen LogP contribution is 2.19. The summed E-state index contributed by atoms with van der Waals surface area (Å²) in [6.45, 7) is 7.76. The van der Waals surface area contributed by atoms with Crippen LogP contribution in [0.5, 0.6) is 0 Å². The van der Waals surface area contributed by atoms with Gasteiger partial charge in [0.25, 0.3) is 0 Å². The summed E-state index contributed by atoms with van der Waals surface area (Å²) in [5, 5.41) is 4.49. The van der Waals surface area contributed by atoms with Gasteiger partial charge < -0.3 is 5.32 Å². The summed E-state index contributed by atoms with van der Waals surface area (Å²) in [7, 11) is 0. The summed E-state index contributed by atoms with van der Waals surface area (Å²) in [5.41, 5.74) is 1.54. The Morgan fingerprint density at radius 1 is 1.30 bits per heavy atom. The third-order valence-electron chi connectivity index (χ3n) is 3.30. The molecule has 0 aliphatic heterocycles. The first-order valence-corrected chi connectivity index (χ1v) is 9.16. The molecular weight excluding hydrogens is 286 g/mol. The average molecular weight is 314 g/mol. The summed E-state index contributed by atoms with van der Waals surface area (Å²) < 4.78 is 0. The van der Waals surface area contributed by atoms with E-state index in [2.05, 4.69) is 44.5 Å². The molecule has 0 amide bonds. The van der Waals surface area contributed by atoms with Crippen LogP contribution in [0, 0.1) is 5.92 Å². The number of thioether (sulfide) groups is 1. The lowest BCUT2D eigenvalue weighted by atomic mass is 9.94. The predicted octanol–water partition coefficient (Wildman–Crippen LogP) is 5.03. The van der Waals surface area contributed by atoms with Crippen molar-refractivity contribution in [3.8, 4) is 0 Å². The van der Waals surface area contributed by atoms with E-state index < -0.39 is 0 Å². The smallest absolute Gasteiger partial charge is 0.0408 e. The lowest BCUT2D eigenvalue weighted by Gasteiger charge is -2.25. The van der Waals surface area contributed by atoms with E-state index in [1.807, 2.05) is 23.9 Å². The Morgan fingerprint density at radius 2 is 2.05 bits per heavy atom. The number of hydrogen-bond acceptors (Lipinski definition) is 2. The molecule has 1 rings (SSSR count). The second kappa shape index (κ2) is 8.96. The highest BCUT2D eigenvalue weighted by molar-refractivity contribution is 7.98. The minimum Gasteiger partial charge on any atom is -0.312 e. The quantitative estimate of drug-likeness (QED) is 0.675. The van der Waals surface area contributed by atoms with Crippen molar-refractivity contribution in [2.75, 3.05) is 18.6 Å². The van der Waals surface area contributed by atoms with Crippen LogP contribution >= 0.6 is 23.4 Å². The van der Waals surface area contributed by atoms with E-state index in [9.17, 15) is 0 Å².